The molecule has 0 aromatic rings. The Morgan fingerprint density at radius 3 is 1.90 bits per heavy atom. The van der Waals surface area contributed by atoms with Gasteiger partial charge in [-0.05, 0) is 5.53 Å². The standard InChI is InChI=1S/C20H34N4O15/c1-5(28)22-9-12(31)10(29)6(2-25)36-19(9)39-17-11(30)7(3-26)37-20(15(17)34)38-16-8(4-27)35-18(23-24-21)14(33)13(16)32/h6-20,25-27,29-34H,2-4H2,1H3,(H,22,28)/t6?,7?,8?,9?,10-,11-,12+,13+,14?,15?,16-,17-,18+,19-,20-/m0/s1. The molecule has 19 heteroatoms. The molecule has 10 N–H and O–H groups in total. The summed E-state index contributed by atoms with van der Waals surface area (Å²) in [6, 6.07) is -1.44. The molecule has 19 nitrogen and oxygen atoms in total. The molecular formula is C20H34N4O15. The smallest absolute Gasteiger partial charge is 0.217 e. The van der Waals surface area contributed by atoms with Crippen molar-refractivity contribution in [2.24, 2.45) is 5.11 Å². The van der Waals surface area contributed by atoms with Gasteiger partial charge in [0.15, 0.2) is 18.8 Å². The quantitative estimate of drug-likeness (QED) is 0.0700. The maximum Gasteiger partial charge on any atom is 0.217 e. The molecule has 6 unspecified atom stereocenters. The summed E-state index contributed by atoms with van der Waals surface area (Å²) in [5.41, 5.74) is 8.62. The third kappa shape index (κ3) is 6.76. The zero-order valence-electron chi connectivity index (χ0n) is 20.6. The number of carbonyl (C=O) groups excluding carboxylic acids is 1. The number of ether oxygens (including phenoxy) is 5. The zero-order valence-corrected chi connectivity index (χ0v) is 20.6. The second kappa shape index (κ2) is 13.7. The monoisotopic (exact) mass is 570 g/mol. The predicted octanol–water partition coefficient (Wildman–Crippen LogP) is -6.11. The van der Waals surface area contributed by atoms with Crippen LogP contribution in [-0.2, 0) is 28.5 Å². The minimum Gasteiger partial charge on any atom is -0.394 e. The first kappa shape index (κ1) is 31.7. The molecule has 3 rings (SSSR count). The Balaban J connectivity index is 1.84. The van der Waals surface area contributed by atoms with Crippen molar-refractivity contribution in [3.63, 3.8) is 0 Å². The highest BCUT2D eigenvalue weighted by molar-refractivity contribution is 5.73. The van der Waals surface area contributed by atoms with Crippen molar-refractivity contribution in [2.45, 2.75) is 98.9 Å². The van der Waals surface area contributed by atoms with E-state index < -0.39 is 118 Å². The van der Waals surface area contributed by atoms with Crippen molar-refractivity contribution < 1.29 is 74.4 Å². The molecule has 3 fully saturated rings. The van der Waals surface area contributed by atoms with Gasteiger partial charge in [-0.25, -0.2) is 0 Å². The van der Waals surface area contributed by atoms with Crippen LogP contribution in [0.2, 0.25) is 0 Å². The summed E-state index contributed by atoms with van der Waals surface area (Å²) in [7, 11) is 0. The van der Waals surface area contributed by atoms with Crippen molar-refractivity contribution in [1.29, 1.82) is 0 Å². The number of rotatable bonds is 9. The van der Waals surface area contributed by atoms with Gasteiger partial charge in [-0.15, -0.1) is 0 Å². The van der Waals surface area contributed by atoms with Gasteiger partial charge in [0.05, 0.1) is 19.8 Å². The lowest BCUT2D eigenvalue weighted by molar-refractivity contribution is -0.366. The summed E-state index contributed by atoms with van der Waals surface area (Å²) in [5.74, 6) is -0.660. The van der Waals surface area contributed by atoms with E-state index in [0.29, 0.717) is 0 Å². The van der Waals surface area contributed by atoms with Gasteiger partial charge >= 0.3 is 0 Å². The van der Waals surface area contributed by atoms with Crippen molar-refractivity contribution in [2.75, 3.05) is 19.8 Å². The summed E-state index contributed by atoms with van der Waals surface area (Å²) in [5, 5.41) is 97.6. The second-order valence-corrected chi connectivity index (χ2v) is 9.27. The Bertz CT molecular complexity index is 865. The summed E-state index contributed by atoms with van der Waals surface area (Å²) in [6.07, 6.45) is -23.2. The number of nitrogens with one attached hydrogen (secondary N) is 1. The van der Waals surface area contributed by atoms with E-state index in [1.54, 1.807) is 0 Å². The Hall–Kier alpha value is -1.78. The molecule has 3 saturated heterocycles. The number of nitrogens with zero attached hydrogens (tertiary/aromatic N) is 3. The third-order valence-corrected chi connectivity index (χ3v) is 6.66. The number of aliphatic hydroxyl groups is 9. The highest BCUT2D eigenvalue weighted by atomic mass is 16.7. The van der Waals surface area contributed by atoms with E-state index in [4.69, 9.17) is 29.2 Å². The first-order chi connectivity index (χ1) is 18.5. The molecule has 0 radical (unpaired) electrons. The van der Waals surface area contributed by atoms with Crippen LogP contribution in [0.25, 0.3) is 10.4 Å². The molecule has 1 amide bonds. The van der Waals surface area contributed by atoms with Crippen LogP contribution >= 0.6 is 0 Å². The number of amides is 1. The summed E-state index contributed by atoms with van der Waals surface area (Å²) < 4.78 is 27.4. The number of hydrogen-bond donors (Lipinski definition) is 10. The van der Waals surface area contributed by atoms with Crippen LogP contribution < -0.4 is 5.32 Å². The van der Waals surface area contributed by atoms with Crippen LogP contribution in [0.4, 0.5) is 0 Å². The van der Waals surface area contributed by atoms with E-state index in [0.717, 1.165) is 6.92 Å². The summed E-state index contributed by atoms with van der Waals surface area (Å²) in [6.45, 7) is -1.29. The van der Waals surface area contributed by atoms with Gasteiger partial charge < -0.3 is 75.0 Å². The largest absolute Gasteiger partial charge is 0.394 e. The maximum absolute atomic E-state index is 11.7. The van der Waals surface area contributed by atoms with Crippen molar-refractivity contribution >= 4 is 5.91 Å². The fourth-order valence-corrected chi connectivity index (χ4v) is 4.60. The Morgan fingerprint density at radius 1 is 0.769 bits per heavy atom. The van der Waals surface area contributed by atoms with Gasteiger partial charge in [0.25, 0.3) is 0 Å². The first-order valence-corrected chi connectivity index (χ1v) is 12.0. The maximum atomic E-state index is 11.7. The molecule has 224 valence electrons. The number of aliphatic hydroxyl groups excluding tert-OH is 9. The van der Waals surface area contributed by atoms with Crippen LogP contribution in [0.15, 0.2) is 5.11 Å². The molecule has 0 bridgehead atoms. The van der Waals surface area contributed by atoms with E-state index in [2.05, 4.69) is 15.3 Å². The minimum absolute atomic E-state index is 0.660. The summed E-state index contributed by atoms with van der Waals surface area (Å²) >= 11 is 0. The third-order valence-electron chi connectivity index (χ3n) is 6.66. The number of carbonyl (C=O) groups is 1. The van der Waals surface area contributed by atoms with Gasteiger partial charge in [0.1, 0.15) is 73.2 Å². The topological polar surface area (TPSA) is 306 Å². The van der Waals surface area contributed by atoms with Crippen LogP contribution in [0.3, 0.4) is 0 Å². The number of azide groups is 1. The molecule has 3 aliphatic rings. The first-order valence-electron chi connectivity index (χ1n) is 12.0. The van der Waals surface area contributed by atoms with E-state index in [9.17, 15) is 50.8 Å². The predicted molar refractivity (Wildman–Crippen MR) is 120 cm³/mol. The van der Waals surface area contributed by atoms with E-state index in [1.807, 2.05) is 0 Å². The van der Waals surface area contributed by atoms with Gasteiger partial charge in [0, 0.05) is 11.8 Å². The fraction of sp³-hybridized carbons (Fsp3) is 0.950. The fourth-order valence-electron chi connectivity index (χ4n) is 4.60. The average molecular weight is 571 g/mol. The van der Waals surface area contributed by atoms with Crippen LogP contribution in [0.1, 0.15) is 6.92 Å². The summed E-state index contributed by atoms with van der Waals surface area (Å²) in [4.78, 5) is 14.2. The second-order valence-electron chi connectivity index (χ2n) is 9.27. The molecule has 0 saturated carbocycles. The molecule has 15 atom stereocenters. The number of hydrogen-bond acceptors (Lipinski definition) is 16. The average Bonchev–Trinajstić information content (AvgIpc) is 2.91. The molecule has 3 aliphatic heterocycles. The Kier molecular flexibility index (Phi) is 11.2. The SMILES string of the molecule is CC(=O)NC1[C@H](O[C@@H]2C(O)[C@H](O[C@H]3C(CO)O[C@@H](N=[N+]=[N-])C(O)[C@H]3O)OC(CO)[C@@H]2O)OC(CO)[C@H](O)[C@@H]1O. The van der Waals surface area contributed by atoms with Gasteiger partial charge in [0.2, 0.25) is 5.91 Å². The van der Waals surface area contributed by atoms with Gasteiger partial charge in [-0.1, -0.05) is 5.11 Å². The van der Waals surface area contributed by atoms with Crippen LogP contribution in [0.5, 0.6) is 0 Å². The molecule has 3 heterocycles. The van der Waals surface area contributed by atoms with E-state index in [-0.39, 0.29) is 0 Å². The zero-order chi connectivity index (χ0) is 29.0. The Labute approximate surface area is 220 Å². The lowest BCUT2D eigenvalue weighted by Gasteiger charge is -2.48. The van der Waals surface area contributed by atoms with Gasteiger partial charge in [-0.3, -0.25) is 4.79 Å². The molecule has 0 aliphatic carbocycles. The van der Waals surface area contributed by atoms with Crippen LogP contribution in [-0.4, -0.2) is 164 Å². The lowest BCUT2D eigenvalue weighted by atomic mass is 9.95. The molecule has 0 aromatic heterocycles. The minimum atomic E-state index is -1.93. The van der Waals surface area contributed by atoms with Crippen molar-refractivity contribution in [1.82, 2.24) is 5.32 Å². The van der Waals surface area contributed by atoms with E-state index in [1.165, 1.54) is 0 Å². The molecular weight excluding hydrogens is 536 g/mol. The highest BCUT2D eigenvalue weighted by Gasteiger charge is 2.53. The molecule has 0 spiro atoms. The lowest BCUT2D eigenvalue weighted by Crippen LogP contribution is -2.68. The molecule has 39 heavy (non-hydrogen) atoms. The van der Waals surface area contributed by atoms with Crippen molar-refractivity contribution in [3.8, 4) is 0 Å². The van der Waals surface area contributed by atoms with Crippen molar-refractivity contribution in [3.05, 3.63) is 10.4 Å². The van der Waals surface area contributed by atoms with Gasteiger partial charge in [-0.2, -0.15) is 0 Å². The Morgan fingerprint density at radius 2 is 1.33 bits per heavy atom. The van der Waals surface area contributed by atoms with Crippen LogP contribution in [0, 0.1) is 0 Å². The van der Waals surface area contributed by atoms with E-state index >= 15 is 0 Å². The molecule has 0 aromatic carbocycles. The highest BCUT2D eigenvalue weighted by Crippen LogP contribution is 2.32. The normalized spacial score (nSPS) is 46.8.